The van der Waals surface area contributed by atoms with E-state index in [2.05, 4.69) is 20.6 Å². The molecule has 0 aliphatic heterocycles. The van der Waals surface area contributed by atoms with Crippen molar-refractivity contribution >= 4 is 33.7 Å². The van der Waals surface area contributed by atoms with Crippen molar-refractivity contribution in [3.8, 4) is 0 Å². The number of rotatable bonds is 8. The fourth-order valence-corrected chi connectivity index (χ4v) is 3.91. The number of hydrogen-bond acceptors (Lipinski definition) is 4. The van der Waals surface area contributed by atoms with Crippen LogP contribution < -0.4 is 11.5 Å². The van der Waals surface area contributed by atoms with Gasteiger partial charge in [0.2, 0.25) is 5.91 Å². The standard InChI is InChI=1S/C23H25N5O/c24-22-20-21(18-12-6-7-13-19(18)27-22)28(15-26-20)14-8-2-1-3-9-16-10-4-5-11-17(16)23(25)29/h4-7,10-13,15H,1-3,8-9,14H2,(H2,24,27)(H2,25,29). The van der Waals surface area contributed by atoms with Crippen molar-refractivity contribution in [2.75, 3.05) is 5.73 Å². The van der Waals surface area contributed by atoms with Gasteiger partial charge >= 0.3 is 0 Å². The van der Waals surface area contributed by atoms with Crippen LogP contribution >= 0.6 is 0 Å². The maximum Gasteiger partial charge on any atom is 0.248 e. The van der Waals surface area contributed by atoms with Crippen LogP contribution in [0.3, 0.4) is 0 Å². The molecular weight excluding hydrogens is 362 g/mol. The van der Waals surface area contributed by atoms with E-state index in [9.17, 15) is 4.79 Å². The van der Waals surface area contributed by atoms with Crippen LogP contribution in [0.2, 0.25) is 0 Å². The Balaban J connectivity index is 1.36. The minimum Gasteiger partial charge on any atom is -0.382 e. The van der Waals surface area contributed by atoms with Crippen LogP contribution in [0.25, 0.3) is 21.9 Å². The summed E-state index contributed by atoms with van der Waals surface area (Å²) in [6.07, 6.45) is 7.04. The van der Waals surface area contributed by atoms with Crippen molar-refractivity contribution in [1.29, 1.82) is 0 Å². The Morgan fingerprint density at radius 3 is 2.59 bits per heavy atom. The van der Waals surface area contributed by atoms with E-state index in [1.807, 2.05) is 42.7 Å². The van der Waals surface area contributed by atoms with Crippen molar-refractivity contribution in [3.05, 3.63) is 66.0 Å². The predicted molar refractivity (Wildman–Crippen MR) is 117 cm³/mol. The van der Waals surface area contributed by atoms with Gasteiger partial charge in [0, 0.05) is 17.5 Å². The van der Waals surface area contributed by atoms with Crippen molar-refractivity contribution in [2.45, 2.75) is 38.6 Å². The van der Waals surface area contributed by atoms with E-state index in [0.717, 1.165) is 66.1 Å². The van der Waals surface area contributed by atoms with Crippen LogP contribution in [-0.4, -0.2) is 20.4 Å². The molecule has 0 saturated carbocycles. The average molecular weight is 387 g/mol. The third-order valence-corrected chi connectivity index (χ3v) is 5.36. The highest BCUT2D eigenvalue weighted by Crippen LogP contribution is 2.27. The number of nitrogens with two attached hydrogens (primary N) is 2. The van der Waals surface area contributed by atoms with E-state index in [4.69, 9.17) is 11.5 Å². The summed E-state index contributed by atoms with van der Waals surface area (Å²) in [6.45, 7) is 0.891. The fourth-order valence-electron chi connectivity index (χ4n) is 3.91. The molecule has 0 atom stereocenters. The van der Waals surface area contributed by atoms with Gasteiger partial charge in [0.15, 0.2) is 5.82 Å². The number of nitrogen functional groups attached to an aromatic ring is 1. The molecule has 29 heavy (non-hydrogen) atoms. The molecular formula is C23H25N5O. The van der Waals surface area contributed by atoms with Gasteiger partial charge in [-0.1, -0.05) is 49.2 Å². The molecule has 0 aliphatic carbocycles. The molecule has 2 aromatic heterocycles. The van der Waals surface area contributed by atoms with Crippen molar-refractivity contribution in [1.82, 2.24) is 14.5 Å². The average Bonchev–Trinajstić information content (AvgIpc) is 3.16. The second-order valence-electron chi connectivity index (χ2n) is 7.33. The maximum absolute atomic E-state index is 11.5. The number of aryl methyl sites for hydroxylation is 2. The Bertz CT molecular complexity index is 1160. The summed E-state index contributed by atoms with van der Waals surface area (Å²) in [5.41, 5.74) is 16.0. The molecule has 4 aromatic rings. The number of hydrogen-bond donors (Lipinski definition) is 2. The number of para-hydroxylation sites is 1. The highest BCUT2D eigenvalue weighted by Gasteiger charge is 2.12. The highest BCUT2D eigenvalue weighted by atomic mass is 16.1. The lowest BCUT2D eigenvalue weighted by molar-refractivity contribution is 0.0999. The largest absolute Gasteiger partial charge is 0.382 e. The Kier molecular flexibility index (Phi) is 5.42. The number of imidazole rings is 1. The van der Waals surface area contributed by atoms with Gasteiger partial charge in [-0.2, -0.15) is 0 Å². The van der Waals surface area contributed by atoms with E-state index in [0.29, 0.717) is 11.4 Å². The van der Waals surface area contributed by atoms with Crippen LogP contribution in [0.4, 0.5) is 5.82 Å². The first-order chi connectivity index (χ1) is 14.1. The quantitative estimate of drug-likeness (QED) is 0.445. The Hall–Kier alpha value is -3.41. The van der Waals surface area contributed by atoms with Gasteiger partial charge in [0.1, 0.15) is 5.52 Å². The molecule has 0 unspecified atom stereocenters. The highest BCUT2D eigenvalue weighted by molar-refractivity contribution is 6.06. The lowest BCUT2D eigenvalue weighted by Crippen LogP contribution is -2.13. The number of benzene rings is 2. The fraction of sp³-hybridized carbons (Fsp3) is 0.261. The number of amides is 1. The molecule has 4 rings (SSSR count). The number of primary amides is 1. The third kappa shape index (κ3) is 3.92. The smallest absolute Gasteiger partial charge is 0.248 e. The monoisotopic (exact) mass is 387 g/mol. The molecule has 6 nitrogen and oxygen atoms in total. The van der Waals surface area contributed by atoms with Crippen molar-refractivity contribution in [2.24, 2.45) is 5.73 Å². The van der Waals surface area contributed by atoms with Crippen LogP contribution in [0.1, 0.15) is 41.6 Å². The van der Waals surface area contributed by atoms with Crippen LogP contribution in [0.5, 0.6) is 0 Å². The normalized spacial score (nSPS) is 11.3. The molecule has 2 heterocycles. The first-order valence-electron chi connectivity index (χ1n) is 10.0. The summed E-state index contributed by atoms with van der Waals surface area (Å²) in [7, 11) is 0. The zero-order valence-electron chi connectivity index (χ0n) is 16.3. The number of nitrogens with zero attached hydrogens (tertiary/aromatic N) is 3. The zero-order chi connectivity index (χ0) is 20.2. The van der Waals surface area contributed by atoms with E-state index in [1.165, 1.54) is 0 Å². The number of aromatic nitrogens is 3. The molecule has 0 radical (unpaired) electrons. The number of unbranched alkanes of at least 4 members (excludes halogenated alkanes) is 3. The SMILES string of the molecule is NC(=O)c1ccccc1CCCCCCn1cnc2c(N)nc3ccccc3c21. The van der Waals surface area contributed by atoms with Crippen molar-refractivity contribution in [3.63, 3.8) is 0 Å². The second kappa shape index (κ2) is 8.31. The molecule has 0 aliphatic rings. The first kappa shape index (κ1) is 18.9. The maximum atomic E-state index is 11.5. The Labute approximate surface area is 169 Å². The first-order valence-corrected chi connectivity index (χ1v) is 10.0. The van der Waals surface area contributed by atoms with Gasteiger partial charge < -0.3 is 16.0 Å². The molecule has 0 saturated heterocycles. The lowest BCUT2D eigenvalue weighted by atomic mass is 10.0. The number of carbonyl (C=O) groups excluding carboxylic acids is 1. The van der Waals surface area contributed by atoms with Crippen LogP contribution in [0, 0.1) is 0 Å². The molecule has 0 spiro atoms. The molecule has 4 N–H and O–H groups in total. The summed E-state index contributed by atoms with van der Waals surface area (Å²) < 4.78 is 2.18. The van der Waals surface area contributed by atoms with Gasteiger partial charge in [-0.05, 0) is 37.0 Å². The Morgan fingerprint density at radius 2 is 1.72 bits per heavy atom. The summed E-state index contributed by atoms with van der Waals surface area (Å²) in [4.78, 5) is 20.4. The molecule has 1 amide bonds. The second-order valence-corrected chi connectivity index (χ2v) is 7.33. The van der Waals surface area contributed by atoms with Gasteiger partial charge in [0.25, 0.3) is 0 Å². The van der Waals surface area contributed by atoms with E-state index < -0.39 is 0 Å². The predicted octanol–water partition coefficient (Wildman–Crippen LogP) is 4.07. The molecule has 0 fully saturated rings. The number of anilines is 1. The molecule has 148 valence electrons. The van der Waals surface area contributed by atoms with Gasteiger partial charge in [-0.15, -0.1) is 0 Å². The minimum atomic E-state index is -0.353. The van der Waals surface area contributed by atoms with Crippen molar-refractivity contribution < 1.29 is 4.79 Å². The van der Waals surface area contributed by atoms with Gasteiger partial charge in [-0.25, -0.2) is 9.97 Å². The lowest BCUT2D eigenvalue weighted by Gasteiger charge is -2.08. The molecule has 0 bridgehead atoms. The van der Waals surface area contributed by atoms with E-state index in [-0.39, 0.29) is 5.91 Å². The third-order valence-electron chi connectivity index (χ3n) is 5.36. The summed E-state index contributed by atoms with van der Waals surface area (Å²) >= 11 is 0. The minimum absolute atomic E-state index is 0.353. The summed E-state index contributed by atoms with van der Waals surface area (Å²) in [5, 5.41) is 1.08. The summed E-state index contributed by atoms with van der Waals surface area (Å²) in [6, 6.07) is 15.6. The molecule has 6 heteroatoms. The van der Waals surface area contributed by atoms with Gasteiger partial charge in [-0.3, -0.25) is 4.79 Å². The van der Waals surface area contributed by atoms with Crippen LogP contribution in [-0.2, 0) is 13.0 Å². The number of pyridine rings is 1. The van der Waals surface area contributed by atoms with Gasteiger partial charge in [0.05, 0.1) is 17.4 Å². The van der Waals surface area contributed by atoms with E-state index in [1.54, 1.807) is 6.07 Å². The molecule has 2 aromatic carbocycles. The van der Waals surface area contributed by atoms with E-state index >= 15 is 0 Å². The number of carbonyl (C=O) groups is 1. The Morgan fingerprint density at radius 1 is 0.966 bits per heavy atom. The topological polar surface area (TPSA) is 99.8 Å². The summed E-state index contributed by atoms with van der Waals surface area (Å²) in [5.74, 6) is 0.124. The van der Waals surface area contributed by atoms with Crippen LogP contribution in [0.15, 0.2) is 54.9 Å². The number of fused-ring (bicyclic) bond motifs is 3. The zero-order valence-corrected chi connectivity index (χ0v) is 16.3.